The molecule has 2 aromatic carbocycles. The third kappa shape index (κ3) is 3.93. The topological polar surface area (TPSA) is 76.4 Å². The van der Waals surface area contributed by atoms with E-state index < -0.39 is 11.8 Å². The molecule has 0 heterocycles. The van der Waals surface area contributed by atoms with E-state index in [9.17, 15) is 9.18 Å². The first kappa shape index (κ1) is 14.8. The number of halogens is 1. The zero-order valence-corrected chi connectivity index (χ0v) is 11.5. The molecule has 2 aromatic rings. The lowest BCUT2D eigenvalue weighted by Crippen LogP contribution is -2.20. The number of anilines is 2. The summed E-state index contributed by atoms with van der Waals surface area (Å²) < 4.78 is 18.1. The van der Waals surface area contributed by atoms with Crippen LogP contribution in [-0.2, 0) is 6.54 Å². The quantitative estimate of drug-likeness (QED) is 0.810. The van der Waals surface area contributed by atoms with Gasteiger partial charge in [-0.1, -0.05) is 12.1 Å². The Kier molecular flexibility index (Phi) is 4.73. The molecule has 0 bridgehead atoms. The molecule has 4 N–H and O–H groups in total. The number of carbonyl (C=O) groups is 1. The molecular weight excluding hydrogens is 273 g/mol. The van der Waals surface area contributed by atoms with Crippen molar-refractivity contribution in [3.8, 4) is 5.75 Å². The molecule has 2 amide bonds. The molecule has 2 rings (SSSR count). The fourth-order valence-electron chi connectivity index (χ4n) is 1.83. The maximum atomic E-state index is 13.1. The van der Waals surface area contributed by atoms with Gasteiger partial charge in [0.15, 0.2) is 0 Å². The Hall–Kier alpha value is -2.60. The number of hydrogen-bond donors (Lipinski definition) is 3. The molecule has 0 saturated heterocycles. The minimum absolute atomic E-state index is 0.251. The van der Waals surface area contributed by atoms with Gasteiger partial charge in [-0.3, -0.25) is 0 Å². The molecule has 110 valence electrons. The first-order valence-corrected chi connectivity index (χ1v) is 6.33. The highest BCUT2D eigenvalue weighted by Crippen LogP contribution is 2.25. The number of amides is 2. The van der Waals surface area contributed by atoms with Crippen molar-refractivity contribution in [1.82, 2.24) is 0 Å². The summed E-state index contributed by atoms with van der Waals surface area (Å²) in [5.41, 5.74) is 7.46. The summed E-state index contributed by atoms with van der Waals surface area (Å²) in [4.78, 5) is 11.9. The van der Waals surface area contributed by atoms with E-state index in [4.69, 9.17) is 10.5 Å². The molecule has 0 saturated carbocycles. The second-order valence-corrected chi connectivity index (χ2v) is 4.33. The largest absolute Gasteiger partial charge is 0.494 e. The van der Waals surface area contributed by atoms with Crippen molar-refractivity contribution >= 4 is 17.4 Å². The smallest absolute Gasteiger partial charge is 0.323 e. The van der Waals surface area contributed by atoms with E-state index in [0.717, 1.165) is 5.56 Å². The number of urea groups is 1. The Morgan fingerprint density at radius 2 is 2.05 bits per heavy atom. The third-order valence-corrected chi connectivity index (χ3v) is 2.83. The van der Waals surface area contributed by atoms with Crippen LogP contribution in [-0.4, -0.2) is 13.1 Å². The highest BCUT2D eigenvalue weighted by molar-refractivity contribution is 6.00. The van der Waals surface area contributed by atoms with Gasteiger partial charge >= 0.3 is 6.03 Å². The van der Waals surface area contributed by atoms with Crippen molar-refractivity contribution < 1.29 is 13.9 Å². The Labute approximate surface area is 121 Å². The summed E-state index contributed by atoms with van der Waals surface area (Å²) in [5.74, 6) is -0.186. The molecule has 21 heavy (non-hydrogen) atoms. The minimum atomic E-state index is -0.450. The van der Waals surface area contributed by atoms with Crippen LogP contribution in [0.5, 0.6) is 5.75 Å². The molecule has 0 radical (unpaired) electrons. The zero-order valence-electron chi connectivity index (χ0n) is 11.5. The van der Waals surface area contributed by atoms with Gasteiger partial charge < -0.3 is 21.1 Å². The standard InChI is InChI=1S/C15H16FN3O2/c1-21-14-8-11(16)5-6-13(14)19-15(20)18-12-4-2-3-10(7-12)9-17/h2-8H,9,17H2,1H3,(H2,18,19,20). The lowest BCUT2D eigenvalue weighted by Gasteiger charge is -2.11. The monoisotopic (exact) mass is 289 g/mol. The highest BCUT2D eigenvalue weighted by Gasteiger charge is 2.08. The second kappa shape index (κ2) is 6.71. The summed E-state index contributed by atoms with van der Waals surface area (Å²) in [5, 5.41) is 5.28. The van der Waals surface area contributed by atoms with Crippen LogP contribution in [0.25, 0.3) is 0 Å². The van der Waals surface area contributed by atoms with Gasteiger partial charge in [-0.2, -0.15) is 0 Å². The van der Waals surface area contributed by atoms with Crippen LogP contribution in [0.4, 0.5) is 20.6 Å². The maximum absolute atomic E-state index is 13.1. The van der Waals surface area contributed by atoms with Gasteiger partial charge in [-0.15, -0.1) is 0 Å². The van der Waals surface area contributed by atoms with Crippen LogP contribution in [0.2, 0.25) is 0 Å². The average Bonchev–Trinajstić information content (AvgIpc) is 2.49. The van der Waals surface area contributed by atoms with Gasteiger partial charge in [0.1, 0.15) is 11.6 Å². The van der Waals surface area contributed by atoms with Crippen molar-refractivity contribution in [2.45, 2.75) is 6.54 Å². The zero-order chi connectivity index (χ0) is 15.2. The van der Waals surface area contributed by atoms with E-state index in [-0.39, 0.29) is 5.75 Å². The van der Waals surface area contributed by atoms with Crippen LogP contribution in [0.3, 0.4) is 0 Å². The Morgan fingerprint density at radius 3 is 2.76 bits per heavy atom. The summed E-state index contributed by atoms with van der Waals surface area (Å²) in [7, 11) is 1.41. The number of hydrogen-bond acceptors (Lipinski definition) is 3. The summed E-state index contributed by atoms with van der Waals surface area (Å²) in [6.45, 7) is 0.392. The average molecular weight is 289 g/mol. The lowest BCUT2D eigenvalue weighted by molar-refractivity contribution is 0.262. The molecule has 0 spiro atoms. The minimum Gasteiger partial charge on any atom is -0.494 e. The molecule has 0 aliphatic heterocycles. The number of methoxy groups -OCH3 is 1. The van der Waals surface area contributed by atoms with E-state index in [2.05, 4.69) is 10.6 Å². The Bertz CT molecular complexity index is 647. The molecule has 0 aromatic heterocycles. The molecule has 5 nitrogen and oxygen atoms in total. The highest BCUT2D eigenvalue weighted by atomic mass is 19.1. The number of ether oxygens (including phenoxy) is 1. The third-order valence-electron chi connectivity index (χ3n) is 2.83. The van der Waals surface area contributed by atoms with E-state index in [1.165, 1.54) is 25.3 Å². The molecular formula is C15H16FN3O2. The summed E-state index contributed by atoms with van der Waals surface area (Å²) >= 11 is 0. The van der Waals surface area contributed by atoms with Crippen molar-refractivity contribution in [1.29, 1.82) is 0 Å². The van der Waals surface area contributed by atoms with Crippen molar-refractivity contribution in [2.75, 3.05) is 17.7 Å². The summed E-state index contributed by atoms with van der Waals surface area (Å²) in [6.07, 6.45) is 0. The molecule has 0 unspecified atom stereocenters. The van der Waals surface area contributed by atoms with Gasteiger partial charge in [0.05, 0.1) is 12.8 Å². The fourth-order valence-corrected chi connectivity index (χ4v) is 1.83. The Morgan fingerprint density at radius 1 is 1.24 bits per heavy atom. The lowest BCUT2D eigenvalue weighted by atomic mass is 10.2. The van der Waals surface area contributed by atoms with Crippen LogP contribution < -0.4 is 21.1 Å². The van der Waals surface area contributed by atoms with Gasteiger partial charge in [-0.05, 0) is 29.8 Å². The van der Waals surface area contributed by atoms with Gasteiger partial charge in [-0.25, -0.2) is 9.18 Å². The number of carbonyl (C=O) groups excluding carboxylic acids is 1. The molecule has 0 atom stereocenters. The van der Waals surface area contributed by atoms with E-state index in [1.807, 2.05) is 6.07 Å². The number of nitrogens with two attached hydrogens (primary N) is 1. The number of benzene rings is 2. The molecule has 0 fully saturated rings. The molecule has 0 aliphatic carbocycles. The SMILES string of the molecule is COc1cc(F)ccc1NC(=O)Nc1cccc(CN)c1. The predicted octanol–water partition coefficient (Wildman–Crippen LogP) is 2.94. The number of rotatable bonds is 4. The van der Waals surface area contributed by atoms with Crippen LogP contribution in [0, 0.1) is 5.82 Å². The first-order chi connectivity index (χ1) is 10.1. The second-order valence-electron chi connectivity index (χ2n) is 4.33. The normalized spacial score (nSPS) is 10.0. The van der Waals surface area contributed by atoms with Gasteiger partial charge in [0.25, 0.3) is 0 Å². The summed E-state index contributed by atoms with van der Waals surface area (Å²) in [6, 6.07) is 10.6. The Balaban J connectivity index is 2.08. The van der Waals surface area contributed by atoms with E-state index in [1.54, 1.807) is 18.2 Å². The maximum Gasteiger partial charge on any atom is 0.323 e. The first-order valence-electron chi connectivity index (χ1n) is 6.33. The fraction of sp³-hybridized carbons (Fsp3) is 0.133. The molecule has 6 heteroatoms. The van der Waals surface area contributed by atoms with Crippen molar-refractivity contribution in [3.05, 3.63) is 53.8 Å². The molecule has 0 aliphatic rings. The van der Waals surface area contributed by atoms with Crippen LogP contribution in [0.1, 0.15) is 5.56 Å². The van der Waals surface area contributed by atoms with E-state index in [0.29, 0.717) is 17.9 Å². The van der Waals surface area contributed by atoms with Gasteiger partial charge in [0, 0.05) is 18.3 Å². The van der Waals surface area contributed by atoms with Crippen LogP contribution in [0.15, 0.2) is 42.5 Å². The van der Waals surface area contributed by atoms with E-state index >= 15 is 0 Å². The predicted molar refractivity (Wildman–Crippen MR) is 79.9 cm³/mol. The number of nitrogens with one attached hydrogen (secondary N) is 2. The van der Waals surface area contributed by atoms with Crippen LogP contribution >= 0.6 is 0 Å². The van der Waals surface area contributed by atoms with Gasteiger partial charge in [0.2, 0.25) is 0 Å². The van der Waals surface area contributed by atoms with Crippen molar-refractivity contribution in [2.24, 2.45) is 5.73 Å². The van der Waals surface area contributed by atoms with Crippen molar-refractivity contribution in [3.63, 3.8) is 0 Å².